The normalized spacial score (nSPS) is 10.4. The van der Waals surface area contributed by atoms with Crippen LogP contribution < -0.4 is 5.32 Å². The number of halogens is 1. The van der Waals surface area contributed by atoms with Crippen molar-refractivity contribution in [2.75, 3.05) is 5.32 Å². The number of carbonyl (C=O) groups is 1. The SMILES string of the molecule is CCc1ccc(C(=O)Nc2cccc(Cl)c2C)o1. The average molecular weight is 264 g/mol. The molecule has 0 saturated heterocycles. The molecule has 3 nitrogen and oxygen atoms in total. The van der Waals surface area contributed by atoms with Gasteiger partial charge in [-0.2, -0.15) is 0 Å². The van der Waals surface area contributed by atoms with Crippen molar-refractivity contribution >= 4 is 23.2 Å². The van der Waals surface area contributed by atoms with Crippen LogP contribution in [-0.4, -0.2) is 5.91 Å². The molecular formula is C14H14ClNO2. The van der Waals surface area contributed by atoms with Crippen molar-refractivity contribution in [1.29, 1.82) is 0 Å². The topological polar surface area (TPSA) is 42.2 Å². The summed E-state index contributed by atoms with van der Waals surface area (Å²) in [6.07, 6.45) is 0.767. The van der Waals surface area contributed by atoms with Crippen molar-refractivity contribution < 1.29 is 9.21 Å². The largest absolute Gasteiger partial charge is 0.456 e. The molecule has 0 saturated carbocycles. The second-order valence-electron chi connectivity index (χ2n) is 3.99. The van der Waals surface area contributed by atoms with Gasteiger partial charge in [0.05, 0.1) is 0 Å². The monoisotopic (exact) mass is 263 g/mol. The molecule has 0 spiro atoms. The van der Waals surface area contributed by atoms with E-state index in [2.05, 4.69) is 5.32 Å². The summed E-state index contributed by atoms with van der Waals surface area (Å²) in [5, 5.41) is 3.41. The number of carbonyl (C=O) groups excluding carboxylic acids is 1. The van der Waals surface area contributed by atoms with E-state index >= 15 is 0 Å². The standard InChI is InChI=1S/C14H14ClNO2/c1-3-10-7-8-13(18-10)14(17)16-12-6-4-5-11(15)9(12)2/h4-8H,3H2,1-2H3,(H,16,17). The summed E-state index contributed by atoms with van der Waals surface area (Å²) in [6.45, 7) is 3.83. The molecular weight excluding hydrogens is 250 g/mol. The van der Waals surface area contributed by atoms with E-state index in [9.17, 15) is 4.79 Å². The minimum Gasteiger partial charge on any atom is -0.456 e. The zero-order valence-electron chi connectivity index (χ0n) is 10.3. The number of hydrogen-bond acceptors (Lipinski definition) is 2. The first-order valence-corrected chi connectivity index (χ1v) is 6.14. The zero-order chi connectivity index (χ0) is 13.1. The number of benzene rings is 1. The second-order valence-corrected chi connectivity index (χ2v) is 4.39. The summed E-state index contributed by atoms with van der Waals surface area (Å²) in [5.41, 5.74) is 1.54. The Bertz CT molecular complexity index is 575. The van der Waals surface area contributed by atoms with Crippen LogP contribution in [0.2, 0.25) is 5.02 Å². The number of nitrogens with one attached hydrogen (secondary N) is 1. The minimum atomic E-state index is -0.264. The van der Waals surface area contributed by atoms with E-state index in [0.29, 0.717) is 16.5 Å². The third kappa shape index (κ3) is 2.57. The Labute approximate surface area is 111 Å². The Morgan fingerprint density at radius 1 is 1.33 bits per heavy atom. The summed E-state index contributed by atoms with van der Waals surface area (Å²) in [4.78, 5) is 12.0. The number of amides is 1. The van der Waals surface area contributed by atoms with Gasteiger partial charge in [-0.3, -0.25) is 4.79 Å². The van der Waals surface area contributed by atoms with Crippen LogP contribution in [0.25, 0.3) is 0 Å². The summed E-state index contributed by atoms with van der Waals surface area (Å²) in [5.74, 6) is 0.842. The van der Waals surface area contributed by atoms with Crippen molar-refractivity contribution in [3.63, 3.8) is 0 Å². The minimum absolute atomic E-state index is 0.264. The number of rotatable bonds is 3. The molecule has 1 amide bonds. The molecule has 1 N–H and O–H groups in total. The van der Waals surface area contributed by atoms with Crippen molar-refractivity contribution in [3.8, 4) is 0 Å². The van der Waals surface area contributed by atoms with Gasteiger partial charge in [-0.1, -0.05) is 24.6 Å². The average Bonchev–Trinajstić information content (AvgIpc) is 2.83. The molecule has 2 rings (SSSR count). The highest BCUT2D eigenvalue weighted by Gasteiger charge is 2.12. The highest BCUT2D eigenvalue weighted by molar-refractivity contribution is 6.31. The van der Waals surface area contributed by atoms with E-state index in [1.54, 1.807) is 24.3 Å². The van der Waals surface area contributed by atoms with Gasteiger partial charge in [0.2, 0.25) is 0 Å². The first-order valence-electron chi connectivity index (χ1n) is 5.77. The molecule has 1 heterocycles. The fraction of sp³-hybridized carbons (Fsp3) is 0.214. The van der Waals surface area contributed by atoms with Gasteiger partial charge in [-0.25, -0.2) is 0 Å². The fourth-order valence-corrected chi connectivity index (χ4v) is 1.79. The van der Waals surface area contributed by atoms with Crippen LogP contribution in [0.4, 0.5) is 5.69 Å². The van der Waals surface area contributed by atoms with Gasteiger partial charge in [0.25, 0.3) is 5.91 Å². The van der Waals surface area contributed by atoms with Crippen LogP contribution >= 0.6 is 11.6 Å². The molecule has 4 heteroatoms. The van der Waals surface area contributed by atoms with Gasteiger partial charge >= 0.3 is 0 Å². The van der Waals surface area contributed by atoms with Crippen molar-refractivity contribution in [2.24, 2.45) is 0 Å². The lowest BCUT2D eigenvalue weighted by Gasteiger charge is -2.07. The van der Waals surface area contributed by atoms with Crippen LogP contribution in [0.15, 0.2) is 34.7 Å². The molecule has 2 aromatic rings. The number of aryl methyl sites for hydroxylation is 1. The van der Waals surface area contributed by atoms with Gasteiger partial charge in [0, 0.05) is 17.1 Å². The van der Waals surface area contributed by atoms with Crippen molar-refractivity contribution in [2.45, 2.75) is 20.3 Å². The van der Waals surface area contributed by atoms with E-state index in [-0.39, 0.29) is 5.91 Å². The van der Waals surface area contributed by atoms with Gasteiger partial charge in [0.15, 0.2) is 5.76 Å². The third-order valence-corrected chi connectivity index (χ3v) is 3.16. The van der Waals surface area contributed by atoms with Gasteiger partial charge in [-0.15, -0.1) is 0 Å². The maximum atomic E-state index is 12.0. The Balaban J connectivity index is 2.18. The fourth-order valence-electron chi connectivity index (χ4n) is 1.62. The van der Waals surface area contributed by atoms with Crippen LogP contribution in [0, 0.1) is 6.92 Å². The van der Waals surface area contributed by atoms with E-state index in [0.717, 1.165) is 17.7 Å². The van der Waals surface area contributed by atoms with Gasteiger partial charge in [-0.05, 0) is 36.8 Å². The molecule has 0 atom stereocenters. The van der Waals surface area contributed by atoms with Crippen LogP contribution in [0.5, 0.6) is 0 Å². The Kier molecular flexibility index (Phi) is 3.72. The molecule has 0 aliphatic carbocycles. The summed E-state index contributed by atoms with van der Waals surface area (Å²) in [6, 6.07) is 8.87. The predicted molar refractivity (Wildman–Crippen MR) is 72.2 cm³/mol. The number of anilines is 1. The molecule has 0 radical (unpaired) electrons. The highest BCUT2D eigenvalue weighted by Crippen LogP contribution is 2.23. The molecule has 0 fully saturated rings. The van der Waals surface area contributed by atoms with Crippen LogP contribution in [-0.2, 0) is 6.42 Å². The Morgan fingerprint density at radius 3 is 2.78 bits per heavy atom. The predicted octanol–water partition coefficient (Wildman–Crippen LogP) is 4.06. The van der Waals surface area contributed by atoms with E-state index in [1.165, 1.54) is 0 Å². The molecule has 1 aromatic heterocycles. The third-order valence-electron chi connectivity index (χ3n) is 2.75. The molecule has 0 bridgehead atoms. The second kappa shape index (κ2) is 5.27. The molecule has 0 aliphatic rings. The maximum absolute atomic E-state index is 12.0. The molecule has 0 aliphatic heterocycles. The van der Waals surface area contributed by atoms with E-state index < -0.39 is 0 Å². The number of hydrogen-bond donors (Lipinski definition) is 1. The molecule has 94 valence electrons. The Hall–Kier alpha value is -1.74. The lowest BCUT2D eigenvalue weighted by atomic mass is 10.2. The lowest BCUT2D eigenvalue weighted by molar-refractivity contribution is 0.0995. The smallest absolute Gasteiger partial charge is 0.291 e. The van der Waals surface area contributed by atoms with Gasteiger partial charge in [0.1, 0.15) is 5.76 Å². The first-order chi connectivity index (χ1) is 8.61. The molecule has 18 heavy (non-hydrogen) atoms. The quantitative estimate of drug-likeness (QED) is 0.907. The van der Waals surface area contributed by atoms with Crippen molar-refractivity contribution in [3.05, 3.63) is 52.4 Å². The zero-order valence-corrected chi connectivity index (χ0v) is 11.0. The lowest BCUT2D eigenvalue weighted by Crippen LogP contribution is -2.11. The maximum Gasteiger partial charge on any atom is 0.291 e. The Morgan fingerprint density at radius 2 is 2.11 bits per heavy atom. The van der Waals surface area contributed by atoms with Crippen LogP contribution in [0.1, 0.15) is 28.8 Å². The first kappa shape index (κ1) is 12.7. The summed E-state index contributed by atoms with van der Waals surface area (Å²) < 4.78 is 5.39. The summed E-state index contributed by atoms with van der Waals surface area (Å²) in [7, 11) is 0. The summed E-state index contributed by atoms with van der Waals surface area (Å²) >= 11 is 6.00. The van der Waals surface area contributed by atoms with Crippen molar-refractivity contribution in [1.82, 2.24) is 0 Å². The van der Waals surface area contributed by atoms with E-state index in [1.807, 2.05) is 19.9 Å². The molecule has 1 aromatic carbocycles. The molecule has 0 unspecified atom stereocenters. The van der Waals surface area contributed by atoms with Gasteiger partial charge < -0.3 is 9.73 Å². The number of furan rings is 1. The van der Waals surface area contributed by atoms with Crippen LogP contribution in [0.3, 0.4) is 0 Å². The van der Waals surface area contributed by atoms with E-state index in [4.69, 9.17) is 16.0 Å². The highest BCUT2D eigenvalue weighted by atomic mass is 35.5.